The Kier molecular flexibility index (Phi) is 8.70. The number of likely N-dealkylation sites (tertiary alicyclic amines) is 1. The number of rotatable bonds is 9. The van der Waals surface area contributed by atoms with E-state index in [4.69, 9.17) is 10.8 Å². The molecule has 0 radical (unpaired) electrons. The quantitative estimate of drug-likeness (QED) is 0.395. The average molecular weight is 374 g/mol. The van der Waals surface area contributed by atoms with E-state index in [2.05, 4.69) is 10.6 Å². The van der Waals surface area contributed by atoms with Crippen LogP contribution in [0.1, 0.15) is 26.2 Å². The summed E-state index contributed by atoms with van der Waals surface area (Å²) in [4.78, 5) is 48.6. The summed E-state index contributed by atoms with van der Waals surface area (Å²) >= 11 is 1.48. The molecule has 0 saturated carbocycles. The van der Waals surface area contributed by atoms with Gasteiger partial charge in [-0.05, 0) is 38.2 Å². The van der Waals surface area contributed by atoms with Crippen LogP contribution < -0.4 is 16.4 Å². The van der Waals surface area contributed by atoms with E-state index in [9.17, 15) is 19.2 Å². The molecule has 1 heterocycles. The van der Waals surface area contributed by atoms with Crippen molar-refractivity contribution in [1.29, 1.82) is 0 Å². The second kappa shape index (κ2) is 10.2. The van der Waals surface area contributed by atoms with Gasteiger partial charge in [0.15, 0.2) is 0 Å². The summed E-state index contributed by atoms with van der Waals surface area (Å²) in [5, 5.41) is 13.9. The van der Waals surface area contributed by atoms with Gasteiger partial charge in [-0.15, -0.1) is 0 Å². The lowest BCUT2D eigenvalue weighted by atomic mass is 10.2. The molecule has 3 unspecified atom stereocenters. The molecule has 1 rings (SSSR count). The molecule has 0 aromatic heterocycles. The summed E-state index contributed by atoms with van der Waals surface area (Å²) in [6, 6.07) is -2.32. The van der Waals surface area contributed by atoms with Gasteiger partial charge in [0, 0.05) is 6.54 Å². The van der Waals surface area contributed by atoms with Crippen LogP contribution in [0.2, 0.25) is 0 Å². The van der Waals surface area contributed by atoms with Gasteiger partial charge in [-0.2, -0.15) is 11.8 Å². The number of aliphatic carboxylic acids is 1. The zero-order chi connectivity index (χ0) is 19.0. The van der Waals surface area contributed by atoms with Gasteiger partial charge in [0.05, 0.1) is 12.6 Å². The van der Waals surface area contributed by atoms with Crippen LogP contribution >= 0.6 is 11.8 Å². The topological polar surface area (TPSA) is 142 Å². The number of carboxylic acids is 1. The third kappa shape index (κ3) is 6.54. The zero-order valence-corrected chi connectivity index (χ0v) is 15.3. The van der Waals surface area contributed by atoms with Crippen molar-refractivity contribution >= 4 is 35.5 Å². The third-order valence-corrected chi connectivity index (χ3v) is 4.54. The van der Waals surface area contributed by atoms with Gasteiger partial charge < -0.3 is 26.4 Å². The van der Waals surface area contributed by atoms with Crippen LogP contribution in [0.25, 0.3) is 0 Å². The molecule has 0 aromatic rings. The minimum absolute atomic E-state index is 0.301. The Morgan fingerprint density at radius 2 is 2.04 bits per heavy atom. The highest BCUT2D eigenvalue weighted by Crippen LogP contribution is 2.18. The first-order valence-corrected chi connectivity index (χ1v) is 9.52. The molecule has 5 N–H and O–H groups in total. The summed E-state index contributed by atoms with van der Waals surface area (Å²) in [5.74, 6) is -1.83. The van der Waals surface area contributed by atoms with Crippen molar-refractivity contribution in [3.63, 3.8) is 0 Å². The standard InChI is InChI=1S/C15H26N4O5S/c1-9(16)14(22)19-6-3-4-11(19)13(21)17-8-12(20)18-10(15(23)24)5-7-25-2/h9-11H,3-8,16H2,1-2H3,(H,17,21)(H,18,20)(H,23,24). The summed E-state index contributed by atoms with van der Waals surface area (Å²) in [6.45, 7) is 1.68. The van der Waals surface area contributed by atoms with Crippen LogP contribution in [-0.2, 0) is 19.2 Å². The Morgan fingerprint density at radius 1 is 1.36 bits per heavy atom. The van der Waals surface area contributed by atoms with Crippen molar-refractivity contribution in [3.05, 3.63) is 0 Å². The molecular formula is C15H26N4O5S. The van der Waals surface area contributed by atoms with E-state index in [1.165, 1.54) is 16.7 Å². The minimum Gasteiger partial charge on any atom is -0.480 e. The Morgan fingerprint density at radius 3 is 2.60 bits per heavy atom. The smallest absolute Gasteiger partial charge is 0.326 e. The number of carbonyl (C=O) groups is 4. The van der Waals surface area contributed by atoms with E-state index < -0.39 is 35.9 Å². The lowest BCUT2D eigenvalue weighted by Gasteiger charge is -2.25. The lowest BCUT2D eigenvalue weighted by molar-refractivity contribution is -0.142. The number of hydrogen-bond donors (Lipinski definition) is 4. The molecule has 0 spiro atoms. The van der Waals surface area contributed by atoms with Crippen molar-refractivity contribution in [1.82, 2.24) is 15.5 Å². The number of carbonyl (C=O) groups excluding carboxylic acids is 3. The normalized spacial score (nSPS) is 19.2. The van der Waals surface area contributed by atoms with Crippen molar-refractivity contribution in [2.24, 2.45) is 5.73 Å². The van der Waals surface area contributed by atoms with Gasteiger partial charge in [-0.1, -0.05) is 0 Å². The fraction of sp³-hybridized carbons (Fsp3) is 0.733. The predicted molar refractivity (Wildman–Crippen MR) is 94.0 cm³/mol. The number of amides is 3. The van der Waals surface area contributed by atoms with Gasteiger partial charge >= 0.3 is 5.97 Å². The second-order valence-corrected chi connectivity index (χ2v) is 6.92. The molecule has 25 heavy (non-hydrogen) atoms. The Hall–Kier alpha value is -1.81. The average Bonchev–Trinajstić information content (AvgIpc) is 3.04. The van der Waals surface area contributed by atoms with Gasteiger partial charge in [-0.25, -0.2) is 4.79 Å². The van der Waals surface area contributed by atoms with Gasteiger partial charge in [0.1, 0.15) is 12.1 Å². The molecule has 3 amide bonds. The molecular weight excluding hydrogens is 348 g/mol. The first-order valence-electron chi connectivity index (χ1n) is 8.12. The van der Waals surface area contributed by atoms with Gasteiger partial charge in [0.25, 0.3) is 0 Å². The fourth-order valence-corrected chi connectivity index (χ4v) is 3.06. The first kappa shape index (κ1) is 21.2. The molecule has 1 saturated heterocycles. The van der Waals surface area contributed by atoms with E-state index >= 15 is 0 Å². The number of nitrogens with two attached hydrogens (primary N) is 1. The largest absolute Gasteiger partial charge is 0.480 e. The maximum atomic E-state index is 12.2. The highest BCUT2D eigenvalue weighted by molar-refractivity contribution is 7.98. The molecule has 10 heteroatoms. The Bertz CT molecular complexity index is 514. The van der Waals surface area contributed by atoms with Crippen molar-refractivity contribution < 1.29 is 24.3 Å². The maximum Gasteiger partial charge on any atom is 0.326 e. The monoisotopic (exact) mass is 374 g/mol. The van der Waals surface area contributed by atoms with E-state index in [0.29, 0.717) is 31.6 Å². The number of hydrogen-bond acceptors (Lipinski definition) is 6. The first-order chi connectivity index (χ1) is 11.8. The molecule has 0 aliphatic carbocycles. The molecule has 3 atom stereocenters. The van der Waals surface area contributed by atoms with E-state index in [1.807, 2.05) is 6.26 Å². The molecule has 9 nitrogen and oxygen atoms in total. The number of thioether (sulfide) groups is 1. The van der Waals surface area contributed by atoms with Gasteiger partial charge in [-0.3, -0.25) is 14.4 Å². The lowest BCUT2D eigenvalue weighted by Crippen LogP contribution is -2.52. The molecule has 0 aromatic carbocycles. The van der Waals surface area contributed by atoms with E-state index in [1.54, 1.807) is 6.92 Å². The summed E-state index contributed by atoms with van der Waals surface area (Å²) in [6.07, 6.45) is 3.35. The highest BCUT2D eigenvalue weighted by atomic mass is 32.2. The SMILES string of the molecule is CSCCC(NC(=O)CNC(=O)C1CCCN1C(=O)C(C)N)C(=O)O. The maximum absolute atomic E-state index is 12.2. The van der Waals surface area contributed by atoms with Crippen molar-refractivity contribution in [3.8, 4) is 0 Å². The molecule has 142 valence electrons. The molecule has 1 aliphatic rings. The van der Waals surface area contributed by atoms with E-state index in [0.717, 1.165) is 0 Å². The van der Waals surface area contributed by atoms with Crippen LogP contribution in [0.5, 0.6) is 0 Å². The van der Waals surface area contributed by atoms with Gasteiger partial charge in [0.2, 0.25) is 17.7 Å². The number of nitrogens with zero attached hydrogens (tertiary/aromatic N) is 1. The summed E-state index contributed by atoms with van der Waals surface area (Å²) < 4.78 is 0. The van der Waals surface area contributed by atoms with Crippen LogP contribution in [0, 0.1) is 0 Å². The molecule has 0 bridgehead atoms. The van der Waals surface area contributed by atoms with Crippen LogP contribution in [0.4, 0.5) is 0 Å². The predicted octanol–water partition coefficient (Wildman–Crippen LogP) is -1.24. The highest BCUT2D eigenvalue weighted by Gasteiger charge is 2.35. The molecule has 1 fully saturated rings. The Balaban J connectivity index is 2.50. The molecule has 1 aliphatic heterocycles. The third-order valence-electron chi connectivity index (χ3n) is 3.90. The fourth-order valence-electron chi connectivity index (χ4n) is 2.59. The second-order valence-electron chi connectivity index (χ2n) is 5.94. The van der Waals surface area contributed by atoms with Crippen molar-refractivity contribution in [2.45, 2.75) is 44.3 Å². The van der Waals surface area contributed by atoms with Crippen LogP contribution in [0.3, 0.4) is 0 Å². The Labute approximate surface area is 151 Å². The van der Waals surface area contributed by atoms with E-state index in [-0.39, 0.29) is 12.5 Å². The summed E-state index contributed by atoms with van der Waals surface area (Å²) in [5.41, 5.74) is 5.58. The minimum atomic E-state index is -1.11. The number of carboxylic acid groups (broad SMARTS) is 1. The van der Waals surface area contributed by atoms with Crippen LogP contribution in [0.15, 0.2) is 0 Å². The summed E-state index contributed by atoms with van der Waals surface area (Å²) in [7, 11) is 0. The number of nitrogens with one attached hydrogen (secondary N) is 2. The van der Waals surface area contributed by atoms with Crippen molar-refractivity contribution in [2.75, 3.05) is 25.1 Å². The van der Waals surface area contributed by atoms with Crippen LogP contribution in [-0.4, -0.2) is 76.9 Å². The zero-order valence-electron chi connectivity index (χ0n) is 14.5.